The number of benzene rings is 1. The second-order valence-corrected chi connectivity index (χ2v) is 36.2. The van der Waals surface area contributed by atoms with Crippen LogP contribution in [0.15, 0.2) is 24.3 Å². The molecule has 0 heterocycles. The molecule has 0 radical (unpaired) electrons. The van der Waals surface area contributed by atoms with E-state index in [1.54, 1.807) is 14.2 Å². The molecule has 0 bridgehead atoms. The van der Waals surface area contributed by atoms with Gasteiger partial charge in [0.1, 0.15) is 5.60 Å². The van der Waals surface area contributed by atoms with Gasteiger partial charge in [0.15, 0.2) is 31.2 Å². The first-order chi connectivity index (χ1) is 71.1. The van der Waals surface area contributed by atoms with Crippen molar-refractivity contribution in [1.29, 1.82) is 0 Å². The summed E-state index contributed by atoms with van der Waals surface area (Å²) in [6, 6.07) is 5.73. The Morgan fingerprint density at radius 2 is 0.359 bits per heavy atom. The number of hydrogen-bond acceptors (Lipinski definition) is 46. The van der Waals surface area contributed by atoms with Crippen molar-refractivity contribution in [2.45, 2.75) is 45.6 Å². The number of hydrogen-bond donors (Lipinski definition) is 0. The fourth-order valence-corrected chi connectivity index (χ4v) is 14.3. The maximum absolute atomic E-state index is 14.1. The molecule has 0 aliphatic heterocycles. The zero-order valence-corrected chi connectivity index (χ0v) is 89.4. The molecule has 0 N–H and O–H groups in total. The van der Waals surface area contributed by atoms with E-state index in [4.69, 9.17) is 185 Å². The number of esters is 1. The molecule has 0 aromatic heterocycles. The molecule has 0 fully saturated rings. The topological polar surface area (TPSA) is 479 Å². The maximum atomic E-state index is 14.1. The average molecular weight is 2150 g/mol. The molecule has 0 spiro atoms. The summed E-state index contributed by atoms with van der Waals surface area (Å²) in [6.07, 6.45) is 0.789. The minimum absolute atomic E-state index is 0.0518. The lowest BCUT2D eigenvalue weighted by Crippen LogP contribution is -2.34. The van der Waals surface area contributed by atoms with E-state index in [0.29, 0.717) is 448 Å². The van der Waals surface area contributed by atoms with Crippen molar-refractivity contribution in [2.75, 3.05) is 526 Å². The van der Waals surface area contributed by atoms with E-state index in [0.717, 1.165) is 0 Å². The summed E-state index contributed by atoms with van der Waals surface area (Å²) in [5.41, 5.74) is -0.120. The van der Waals surface area contributed by atoms with E-state index in [1.165, 1.54) is 24.3 Å². The number of ketones is 2. The first-order valence-corrected chi connectivity index (χ1v) is 54.3. The minimum Gasteiger partial charge on any atom is -0.460 e. The predicted octanol–water partition coefficient (Wildman–Crippen LogP) is 2.90. The van der Waals surface area contributed by atoms with E-state index in [1.807, 2.05) is 20.8 Å². The van der Waals surface area contributed by atoms with E-state index in [-0.39, 0.29) is 83.0 Å². The molecule has 858 valence electrons. The van der Waals surface area contributed by atoms with E-state index >= 15 is 0 Å². The van der Waals surface area contributed by atoms with Gasteiger partial charge in [-0.25, -0.2) is 16.8 Å². The SMILES string of the molecule is COCCOCCOCCOCCOCCOCCOCCS(=O)(=O)CC(CS(=O)(=O)CCOCCOCCOCCOCCOCCOCCOC)C(=O)c1ccc(C(=O)CCCOCCOCCOCCOCCOCCOCCOCCOCCOCCOCCOCCOCCOCCOCCOCCOCCOCCOCCOCCOCCOCCOCCOCCOCCC(=O)OC(C)(C)C)cc1. The summed E-state index contributed by atoms with van der Waals surface area (Å²) < 4.78 is 268. The highest BCUT2D eigenvalue weighted by atomic mass is 32.2. The van der Waals surface area contributed by atoms with Crippen LogP contribution in [-0.4, -0.2) is 566 Å². The van der Waals surface area contributed by atoms with Crippen molar-refractivity contribution in [3.8, 4) is 0 Å². The van der Waals surface area contributed by atoms with Crippen molar-refractivity contribution >= 4 is 37.2 Å². The van der Waals surface area contributed by atoms with Gasteiger partial charge in [0.05, 0.1) is 518 Å². The van der Waals surface area contributed by atoms with Gasteiger partial charge in [-0.3, -0.25) is 14.4 Å². The third-order valence-electron chi connectivity index (χ3n) is 18.6. The van der Waals surface area contributed by atoms with Crippen LogP contribution in [0, 0.1) is 5.92 Å². The van der Waals surface area contributed by atoms with Gasteiger partial charge in [-0.2, -0.15) is 0 Å². The van der Waals surface area contributed by atoms with Gasteiger partial charge in [0.2, 0.25) is 0 Å². The first kappa shape index (κ1) is 139. The molecule has 1 aromatic rings. The van der Waals surface area contributed by atoms with E-state index in [2.05, 4.69) is 0 Å². The van der Waals surface area contributed by atoms with Gasteiger partial charge in [0.25, 0.3) is 0 Å². The molecular weight excluding hydrogens is 1970 g/mol. The van der Waals surface area contributed by atoms with Gasteiger partial charge in [-0.15, -0.1) is 0 Å². The number of carbonyl (C=O) groups excluding carboxylic acids is 3. The molecule has 48 heteroatoms. The second kappa shape index (κ2) is 112. The first-order valence-electron chi connectivity index (χ1n) is 50.7. The van der Waals surface area contributed by atoms with Crippen LogP contribution in [0.2, 0.25) is 0 Å². The zero-order valence-electron chi connectivity index (χ0n) is 87.8. The number of carbonyl (C=O) groups is 3. The van der Waals surface area contributed by atoms with Gasteiger partial charge in [-0.1, -0.05) is 24.3 Å². The lowest BCUT2D eigenvalue weighted by Gasteiger charge is -2.19. The third kappa shape index (κ3) is 109. The highest BCUT2D eigenvalue weighted by Gasteiger charge is 2.32. The van der Waals surface area contributed by atoms with Crippen LogP contribution in [0.5, 0.6) is 0 Å². The lowest BCUT2D eigenvalue weighted by atomic mass is 9.98. The van der Waals surface area contributed by atoms with Crippen molar-refractivity contribution < 1.29 is 216 Å². The van der Waals surface area contributed by atoms with Crippen LogP contribution in [0.4, 0.5) is 0 Å². The molecule has 1 rings (SSSR count). The largest absolute Gasteiger partial charge is 0.460 e. The Morgan fingerprint density at radius 3 is 0.531 bits per heavy atom. The van der Waals surface area contributed by atoms with Crippen LogP contribution >= 0.6 is 0 Å². The Balaban J connectivity index is 1.97. The van der Waals surface area contributed by atoms with Crippen LogP contribution in [-0.2, 0) is 209 Å². The Hall–Kier alpha value is -3.59. The fraction of sp³-hybridized carbons (Fsp3) is 0.907. The van der Waals surface area contributed by atoms with E-state index < -0.39 is 60.0 Å². The molecule has 1 aromatic carbocycles. The summed E-state index contributed by atoms with van der Waals surface area (Å²) in [4.78, 5) is 38.9. The molecule has 0 aliphatic carbocycles. The highest BCUT2D eigenvalue weighted by molar-refractivity contribution is 7.92. The molecular formula is C97H182O46S2. The molecule has 0 saturated carbocycles. The number of Topliss-reactive ketones (excluding diaryl/α,β-unsaturated/α-hetero) is 2. The number of rotatable bonds is 125. The Kier molecular flexibility index (Phi) is 107. The smallest absolute Gasteiger partial charge is 0.308 e. The summed E-state index contributed by atoms with van der Waals surface area (Å²) in [5.74, 6) is -5.11. The van der Waals surface area contributed by atoms with Crippen molar-refractivity contribution in [3.63, 3.8) is 0 Å². The van der Waals surface area contributed by atoms with Crippen LogP contribution < -0.4 is 0 Å². The summed E-state index contributed by atoms with van der Waals surface area (Å²) in [5, 5.41) is 0. The summed E-state index contributed by atoms with van der Waals surface area (Å²) in [7, 11) is -4.84. The maximum Gasteiger partial charge on any atom is 0.308 e. The average Bonchev–Trinajstić information content (AvgIpc) is 0.823. The Morgan fingerprint density at radius 1 is 0.207 bits per heavy atom. The van der Waals surface area contributed by atoms with Gasteiger partial charge in [0, 0.05) is 38.4 Å². The standard InChI is InChI=1S/C97H182O46S2/c1-97(2,3)143-95(99)12-14-108-20-22-112-28-30-116-36-38-120-40-42-122-44-46-124-48-50-126-52-54-128-56-58-130-60-62-132-64-66-134-68-70-136-72-71-135-69-67-133-65-63-131-61-59-129-57-55-127-53-51-125-49-47-123-45-43-121-41-39-119-37-35-115-29-27-111-21-19-107-13-6-7-94(98)91-8-10-92(11-9-91)96(100)93(89-144(101,102)87-85-141-83-81-139-79-77-137-75-73-117-33-31-113-25-23-109-17-15-105-4)90-145(103,104)88-86-142-84-82-140-80-78-138-76-74-118-34-32-114-26-24-110-18-16-106-5/h8-11,93H,6-7,12-90H2,1-5H3. The normalized spacial score (nSPS) is 12.1. The lowest BCUT2D eigenvalue weighted by molar-refractivity contribution is -0.156. The van der Waals surface area contributed by atoms with Crippen LogP contribution in [0.3, 0.4) is 0 Å². The summed E-state index contributed by atoms with van der Waals surface area (Å²) in [6.45, 7) is 34.8. The van der Waals surface area contributed by atoms with Crippen molar-refractivity contribution in [1.82, 2.24) is 0 Å². The van der Waals surface area contributed by atoms with Gasteiger partial charge in [-0.05, 0) is 27.2 Å². The minimum atomic E-state index is -4.03. The highest BCUT2D eigenvalue weighted by Crippen LogP contribution is 2.19. The molecule has 0 amide bonds. The van der Waals surface area contributed by atoms with E-state index in [9.17, 15) is 31.2 Å². The van der Waals surface area contributed by atoms with Crippen LogP contribution in [0.1, 0.15) is 60.7 Å². The van der Waals surface area contributed by atoms with Crippen LogP contribution in [0.25, 0.3) is 0 Å². The predicted molar refractivity (Wildman–Crippen MR) is 529 cm³/mol. The monoisotopic (exact) mass is 2150 g/mol. The fourth-order valence-electron chi connectivity index (χ4n) is 11.3. The second-order valence-electron chi connectivity index (χ2n) is 31.8. The molecule has 0 saturated heterocycles. The van der Waals surface area contributed by atoms with Gasteiger partial charge >= 0.3 is 5.97 Å². The molecule has 0 aliphatic rings. The molecule has 0 unspecified atom stereocenters. The number of methoxy groups -OCH3 is 2. The quantitative estimate of drug-likeness (QED) is 0.0514. The van der Waals surface area contributed by atoms with Crippen molar-refractivity contribution in [3.05, 3.63) is 35.4 Å². The Bertz CT molecular complexity index is 3000. The molecule has 46 nitrogen and oxygen atoms in total. The molecule has 0 atom stereocenters. The summed E-state index contributed by atoms with van der Waals surface area (Å²) >= 11 is 0. The van der Waals surface area contributed by atoms with Gasteiger partial charge < -0.3 is 185 Å². The number of sulfone groups is 2. The zero-order chi connectivity index (χ0) is 105. The third-order valence-corrected chi connectivity index (χ3v) is 22.0. The van der Waals surface area contributed by atoms with Crippen molar-refractivity contribution in [2.24, 2.45) is 5.92 Å². The number of ether oxygens (including phenoxy) is 39. The molecule has 145 heavy (non-hydrogen) atoms. The Labute approximate surface area is 862 Å².